The van der Waals surface area contributed by atoms with Gasteiger partial charge in [0.15, 0.2) is 0 Å². The molecule has 0 radical (unpaired) electrons. The van der Waals surface area contributed by atoms with Gasteiger partial charge in [-0.2, -0.15) is 0 Å². The second-order valence-electron chi connectivity index (χ2n) is 6.89. The van der Waals surface area contributed by atoms with Gasteiger partial charge in [0, 0.05) is 42.6 Å². The first-order valence-corrected chi connectivity index (χ1v) is 9.94. The van der Waals surface area contributed by atoms with Crippen LogP contribution < -0.4 is 0 Å². The van der Waals surface area contributed by atoms with Crippen molar-refractivity contribution in [3.05, 3.63) is 59.4 Å². The molecule has 1 aliphatic heterocycles. The molecular weight excluding hydrogens is 372 g/mol. The number of aryl methyl sites for hydroxylation is 1. The molecule has 8 heteroatoms. The third-order valence-electron chi connectivity index (χ3n) is 4.98. The Kier molecular flexibility index (Phi) is 4.12. The number of pyridine rings is 1. The van der Waals surface area contributed by atoms with Gasteiger partial charge in [-0.05, 0) is 24.4 Å². The molecule has 0 atom stereocenters. The lowest BCUT2D eigenvalue weighted by atomic mass is 10.1. The zero-order chi connectivity index (χ0) is 19.1. The molecule has 0 N–H and O–H groups in total. The van der Waals surface area contributed by atoms with E-state index in [1.165, 1.54) is 0 Å². The van der Waals surface area contributed by atoms with E-state index in [9.17, 15) is 4.79 Å². The number of carbonyl (C=O) groups excluding carboxylic acids is 1. The topological polar surface area (TPSA) is 76.8 Å². The highest BCUT2D eigenvalue weighted by Gasteiger charge is 2.21. The van der Waals surface area contributed by atoms with Crippen LogP contribution in [-0.4, -0.2) is 42.1 Å². The molecule has 140 valence electrons. The van der Waals surface area contributed by atoms with Gasteiger partial charge in [0.05, 0.1) is 18.7 Å². The van der Waals surface area contributed by atoms with Crippen molar-refractivity contribution in [2.75, 3.05) is 6.54 Å². The molecule has 1 aromatic carbocycles. The number of rotatable bonds is 3. The molecule has 4 aromatic rings. The Balaban J connectivity index is 1.38. The molecule has 0 spiro atoms. The van der Waals surface area contributed by atoms with Crippen LogP contribution in [0.5, 0.6) is 0 Å². The maximum atomic E-state index is 12.8. The van der Waals surface area contributed by atoms with E-state index in [-0.39, 0.29) is 5.91 Å². The van der Waals surface area contributed by atoms with Crippen LogP contribution in [-0.2, 0) is 24.3 Å². The van der Waals surface area contributed by atoms with Gasteiger partial charge in [-0.3, -0.25) is 9.78 Å². The summed E-state index contributed by atoms with van der Waals surface area (Å²) in [6.07, 6.45) is 5.86. The number of benzene rings is 1. The summed E-state index contributed by atoms with van der Waals surface area (Å²) < 4.78 is 2.09. The molecule has 1 amide bonds. The largest absolute Gasteiger partial charge is 0.333 e. The number of hydrogen-bond acceptors (Lipinski definition) is 6. The van der Waals surface area contributed by atoms with Crippen LogP contribution in [0.25, 0.3) is 21.3 Å². The molecule has 1 aliphatic rings. The van der Waals surface area contributed by atoms with E-state index < -0.39 is 0 Å². The van der Waals surface area contributed by atoms with Gasteiger partial charge < -0.3 is 9.47 Å². The fraction of sp³-hybridized carbons (Fsp3) is 0.250. The van der Waals surface area contributed by atoms with Crippen LogP contribution in [0, 0.1) is 6.92 Å². The van der Waals surface area contributed by atoms with Gasteiger partial charge in [0.25, 0.3) is 0 Å². The van der Waals surface area contributed by atoms with Gasteiger partial charge >= 0.3 is 0 Å². The molecule has 0 saturated carbocycles. The predicted octanol–water partition coefficient (Wildman–Crippen LogP) is 2.84. The Morgan fingerprint density at radius 3 is 2.93 bits per heavy atom. The van der Waals surface area contributed by atoms with Crippen molar-refractivity contribution >= 4 is 28.0 Å². The second kappa shape index (κ2) is 6.79. The molecule has 0 fully saturated rings. The normalized spacial score (nSPS) is 13.7. The smallest absolute Gasteiger partial charge is 0.229 e. The van der Waals surface area contributed by atoms with Crippen molar-refractivity contribution in [3.8, 4) is 10.6 Å². The summed E-state index contributed by atoms with van der Waals surface area (Å²) in [7, 11) is 0. The minimum atomic E-state index is 0.0806. The molecule has 3 aromatic heterocycles. The Morgan fingerprint density at radius 2 is 2.07 bits per heavy atom. The van der Waals surface area contributed by atoms with E-state index in [0.29, 0.717) is 19.5 Å². The summed E-state index contributed by atoms with van der Waals surface area (Å²) in [5, 5.41) is 12.3. The first kappa shape index (κ1) is 17.0. The van der Waals surface area contributed by atoms with E-state index in [4.69, 9.17) is 0 Å². The lowest BCUT2D eigenvalue weighted by Crippen LogP contribution is -2.39. The Bertz CT molecular complexity index is 1180. The predicted molar refractivity (Wildman–Crippen MR) is 107 cm³/mol. The molecule has 5 rings (SSSR count). The fourth-order valence-electron chi connectivity index (χ4n) is 3.48. The van der Waals surface area contributed by atoms with E-state index >= 15 is 0 Å². The highest BCUT2D eigenvalue weighted by molar-refractivity contribution is 7.14. The van der Waals surface area contributed by atoms with Crippen LogP contribution in [0.15, 0.2) is 42.9 Å². The van der Waals surface area contributed by atoms with Crippen LogP contribution in [0.1, 0.15) is 16.5 Å². The van der Waals surface area contributed by atoms with Crippen molar-refractivity contribution in [3.63, 3.8) is 0 Å². The summed E-state index contributed by atoms with van der Waals surface area (Å²) in [4.78, 5) is 23.4. The lowest BCUT2D eigenvalue weighted by Gasteiger charge is -2.27. The van der Waals surface area contributed by atoms with Crippen LogP contribution in [0.2, 0.25) is 0 Å². The Labute approximate surface area is 165 Å². The summed E-state index contributed by atoms with van der Waals surface area (Å²) in [5.41, 5.74) is 1.81. The summed E-state index contributed by atoms with van der Waals surface area (Å²) >= 11 is 1.57. The molecule has 0 unspecified atom stereocenters. The first-order chi connectivity index (χ1) is 13.7. The Morgan fingerprint density at radius 1 is 1.14 bits per heavy atom. The molecule has 0 aliphatic carbocycles. The SMILES string of the molecule is Cc1nnc(-c2ccc3cnc(CC(=O)N4CCn5ccnc5C4)cc3c2)s1. The molecule has 0 bridgehead atoms. The number of amides is 1. The average molecular weight is 390 g/mol. The van der Waals surface area contributed by atoms with Crippen molar-refractivity contribution in [1.82, 2.24) is 29.6 Å². The van der Waals surface area contributed by atoms with Crippen molar-refractivity contribution in [2.24, 2.45) is 0 Å². The highest BCUT2D eigenvalue weighted by atomic mass is 32.1. The highest BCUT2D eigenvalue weighted by Crippen LogP contribution is 2.27. The van der Waals surface area contributed by atoms with Crippen LogP contribution >= 0.6 is 11.3 Å². The molecule has 28 heavy (non-hydrogen) atoms. The monoisotopic (exact) mass is 390 g/mol. The van der Waals surface area contributed by atoms with Gasteiger partial charge in [-0.1, -0.05) is 23.5 Å². The Hall–Kier alpha value is -3.13. The number of nitrogens with zero attached hydrogens (tertiary/aromatic N) is 6. The van der Waals surface area contributed by atoms with E-state index in [1.807, 2.05) is 42.4 Å². The van der Waals surface area contributed by atoms with E-state index in [0.717, 1.165) is 44.4 Å². The van der Waals surface area contributed by atoms with Crippen molar-refractivity contribution < 1.29 is 4.79 Å². The molecule has 0 saturated heterocycles. The number of carbonyl (C=O) groups is 1. The first-order valence-electron chi connectivity index (χ1n) is 9.13. The third-order valence-corrected chi connectivity index (χ3v) is 5.87. The number of imidazole rings is 1. The zero-order valence-electron chi connectivity index (χ0n) is 15.4. The molecule has 7 nitrogen and oxygen atoms in total. The standard InChI is InChI=1S/C20H18N6OS/c1-13-23-24-20(28-13)14-2-3-15-11-22-17(9-16(15)8-14)10-19(27)26-7-6-25-5-4-21-18(25)12-26/h2-5,8-9,11H,6-7,10,12H2,1H3. The number of aromatic nitrogens is 5. The number of fused-ring (bicyclic) bond motifs is 2. The van der Waals surface area contributed by atoms with E-state index in [2.05, 4.69) is 30.8 Å². The molecule has 4 heterocycles. The average Bonchev–Trinajstić information content (AvgIpc) is 3.35. The lowest BCUT2D eigenvalue weighted by molar-refractivity contribution is -0.132. The fourth-order valence-corrected chi connectivity index (χ4v) is 4.17. The van der Waals surface area contributed by atoms with Gasteiger partial charge in [0.2, 0.25) is 5.91 Å². The van der Waals surface area contributed by atoms with Crippen LogP contribution in [0.4, 0.5) is 0 Å². The van der Waals surface area contributed by atoms with Gasteiger partial charge in [-0.15, -0.1) is 10.2 Å². The zero-order valence-corrected chi connectivity index (χ0v) is 16.2. The summed E-state index contributed by atoms with van der Waals surface area (Å²) in [6.45, 7) is 4.00. The van der Waals surface area contributed by atoms with Gasteiger partial charge in [0.1, 0.15) is 15.8 Å². The maximum absolute atomic E-state index is 12.8. The van der Waals surface area contributed by atoms with Gasteiger partial charge in [-0.25, -0.2) is 4.98 Å². The minimum absolute atomic E-state index is 0.0806. The summed E-state index contributed by atoms with van der Waals surface area (Å²) in [6, 6.07) is 8.15. The van der Waals surface area contributed by atoms with Crippen molar-refractivity contribution in [1.29, 1.82) is 0 Å². The van der Waals surface area contributed by atoms with Crippen molar-refractivity contribution in [2.45, 2.75) is 26.4 Å². The van der Waals surface area contributed by atoms with E-state index in [1.54, 1.807) is 17.5 Å². The summed E-state index contributed by atoms with van der Waals surface area (Å²) in [5.74, 6) is 1.01. The number of hydrogen-bond donors (Lipinski definition) is 0. The quantitative estimate of drug-likeness (QED) is 0.538. The minimum Gasteiger partial charge on any atom is -0.333 e. The van der Waals surface area contributed by atoms with Crippen LogP contribution in [0.3, 0.4) is 0 Å². The third kappa shape index (κ3) is 3.16. The maximum Gasteiger partial charge on any atom is 0.229 e. The molecular formula is C20H18N6OS. The second-order valence-corrected chi connectivity index (χ2v) is 8.07.